The van der Waals surface area contributed by atoms with E-state index in [0.717, 1.165) is 31.7 Å². The zero-order valence-corrected chi connectivity index (χ0v) is 12.4. The average molecular weight is 298 g/mol. The lowest BCUT2D eigenvalue weighted by Gasteiger charge is -2.17. The van der Waals surface area contributed by atoms with Gasteiger partial charge in [-0.1, -0.05) is 32.6 Å². The molecule has 1 aromatic rings. The standard InChI is InChI=1S/C16H21F3N2/c1-3-4-5-6-7-12(2)21-14-9-8-13(11-20)15(10-14)16(17,18)19/h8-10,12,21H,3-7H2,1-2H3. The smallest absolute Gasteiger partial charge is 0.383 e. The van der Waals surface area contributed by atoms with Gasteiger partial charge in [-0.25, -0.2) is 0 Å². The fraction of sp³-hybridized carbons (Fsp3) is 0.562. The number of nitrogens with one attached hydrogen (secondary N) is 1. The van der Waals surface area contributed by atoms with Gasteiger partial charge in [-0.15, -0.1) is 0 Å². The minimum atomic E-state index is -4.51. The van der Waals surface area contributed by atoms with Gasteiger partial charge in [0.05, 0.1) is 17.2 Å². The van der Waals surface area contributed by atoms with Crippen molar-refractivity contribution in [3.8, 4) is 6.07 Å². The lowest BCUT2D eigenvalue weighted by Crippen LogP contribution is -2.16. The molecule has 2 nitrogen and oxygen atoms in total. The molecule has 0 bridgehead atoms. The van der Waals surface area contributed by atoms with Crippen molar-refractivity contribution >= 4 is 5.69 Å². The molecule has 0 spiro atoms. The average Bonchev–Trinajstić information content (AvgIpc) is 2.42. The topological polar surface area (TPSA) is 35.8 Å². The first kappa shape index (κ1) is 17.4. The summed E-state index contributed by atoms with van der Waals surface area (Å²) in [6.45, 7) is 4.09. The van der Waals surface area contributed by atoms with Crippen molar-refractivity contribution in [2.45, 2.75) is 58.2 Å². The molecule has 0 aliphatic heterocycles. The molecule has 1 atom stereocenters. The van der Waals surface area contributed by atoms with Crippen molar-refractivity contribution in [2.75, 3.05) is 5.32 Å². The van der Waals surface area contributed by atoms with E-state index in [1.807, 2.05) is 6.92 Å². The van der Waals surface area contributed by atoms with Crippen molar-refractivity contribution in [1.29, 1.82) is 5.26 Å². The van der Waals surface area contributed by atoms with Crippen LogP contribution in [0.25, 0.3) is 0 Å². The number of halogens is 3. The van der Waals surface area contributed by atoms with Crippen molar-refractivity contribution in [3.05, 3.63) is 29.3 Å². The number of benzene rings is 1. The summed E-state index contributed by atoms with van der Waals surface area (Å²) in [6, 6.07) is 5.45. The summed E-state index contributed by atoms with van der Waals surface area (Å²) in [5.74, 6) is 0. The summed E-state index contributed by atoms with van der Waals surface area (Å²) in [5, 5.41) is 11.8. The third-order valence-corrected chi connectivity index (χ3v) is 3.35. The van der Waals surface area contributed by atoms with Crippen LogP contribution in [0.4, 0.5) is 18.9 Å². The minimum absolute atomic E-state index is 0.107. The maximum Gasteiger partial charge on any atom is 0.417 e. The van der Waals surface area contributed by atoms with Crippen LogP contribution in [-0.2, 0) is 6.18 Å². The molecule has 0 saturated carbocycles. The Hall–Kier alpha value is -1.70. The van der Waals surface area contributed by atoms with Crippen LogP contribution >= 0.6 is 0 Å². The Morgan fingerprint density at radius 3 is 2.52 bits per heavy atom. The lowest BCUT2D eigenvalue weighted by molar-refractivity contribution is -0.137. The summed E-state index contributed by atoms with van der Waals surface area (Å²) >= 11 is 0. The van der Waals surface area contributed by atoms with Crippen LogP contribution < -0.4 is 5.32 Å². The second-order valence-electron chi connectivity index (χ2n) is 5.26. The molecule has 116 valence electrons. The van der Waals surface area contributed by atoms with E-state index in [2.05, 4.69) is 12.2 Å². The maximum atomic E-state index is 12.9. The lowest BCUT2D eigenvalue weighted by atomic mass is 10.1. The highest BCUT2D eigenvalue weighted by molar-refractivity contribution is 5.53. The molecule has 21 heavy (non-hydrogen) atoms. The molecule has 0 aromatic heterocycles. The van der Waals surface area contributed by atoms with Gasteiger partial charge in [-0.05, 0) is 31.5 Å². The first-order valence-electron chi connectivity index (χ1n) is 7.26. The van der Waals surface area contributed by atoms with E-state index in [1.165, 1.54) is 18.6 Å². The summed E-state index contributed by atoms with van der Waals surface area (Å²) in [6.07, 6.45) is 0.955. The fourth-order valence-corrected chi connectivity index (χ4v) is 2.20. The number of rotatable bonds is 7. The van der Waals surface area contributed by atoms with Crippen LogP contribution in [0.2, 0.25) is 0 Å². The van der Waals surface area contributed by atoms with E-state index < -0.39 is 11.7 Å². The highest BCUT2D eigenvalue weighted by Gasteiger charge is 2.33. The molecule has 1 unspecified atom stereocenters. The Morgan fingerprint density at radius 1 is 1.24 bits per heavy atom. The highest BCUT2D eigenvalue weighted by atomic mass is 19.4. The number of hydrogen-bond acceptors (Lipinski definition) is 2. The molecule has 0 radical (unpaired) electrons. The number of hydrogen-bond donors (Lipinski definition) is 1. The summed E-state index contributed by atoms with van der Waals surface area (Å²) in [5.41, 5.74) is -0.818. The molecule has 0 aliphatic carbocycles. The van der Waals surface area contributed by atoms with Gasteiger partial charge in [0, 0.05) is 11.7 Å². The van der Waals surface area contributed by atoms with Gasteiger partial charge < -0.3 is 5.32 Å². The van der Waals surface area contributed by atoms with Crippen LogP contribution in [0.3, 0.4) is 0 Å². The maximum absolute atomic E-state index is 12.9. The molecule has 1 aromatic carbocycles. The zero-order chi connectivity index (χ0) is 15.9. The Morgan fingerprint density at radius 2 is 1.95 bits per heavy atom. The first-order valence-corrected chi connectivity index (χ1v) is 7.26. The fourth-order valence-electron chi connectivity index (χ4n) is 2.20. The molecule has 0 saturated heterocycles. The second kappa shape index (κ2) is 7.92. The number of unbranched alkanes of at least 4 members (excludes halogenated alkanes) is 3. The molecule has 1 N–H and O–H groups in total. The Kier molecular flexibility index (Phi) is 6.54. The third kappa shape index (κ3) is 5.66. The normalized spacial score (nSPS) is 12.8. The summed E-state index contributed by atoms with van der Waals surface area (Å²) in [7, 11) is 0. The molecule has 0 heterocycles. The Bertz CT molecular complexity index is 489. The molecule has 0 aliphatic rings. The number of alkyl halides is 3. The minimum Gasteiger partial charge on any atom is -0.383 e. The van der Waals surface area contributed by atoms with Crippen molar-refractivity contribution in [1.82, 2.24) is 0 Å². The molecule has 0 amide bonds. The predicted octanol–water partition coefficient (Wildman–Crippen LogP) is 5.35. The van der Waals surface area contributed by atoms with Crippen LogP contribution in [0.15, 0.2) is 18.2 Å². The number of anilines is 1. The highest BCUT2D eigenvalue weighted by Crippen LogP contribution is 2.33. The van der Waals surface area contributed by atoms with E-state index in [4.69, 9.17) is 5.26 Å². The monoisotopic (exact) mass is 298 g/mol. The molecule has 5 heteroatoms. The van der Waals surface area contributed by atoms with Gasteiger partial charge >= 0.3 is 6.18 Å². The van der Waals surface area contributed by atoms with Gasteiger partial charge in [0.25, 0.3) is 0 Å². The SMILES string of the molecule is CCCCCCC(C)Nc1ccc(C#N)c(C(F)(F)F)c1. The van der Waals surface area contributed by atoms with Gasteiger partial charge in [-0.2, -0.15) is 18.4 Å². The Labute approximate surface area is 124 Å². The quantitative estimate of drug-likeness (QED) is 0.689. The van der Waals surface area contributed by atoms with Crippen LogP contribution in [-0.4, -0.2) is 6.04 Å². The van der Waals surface area contributed by atoms with E-state index in [1.54, 1.807) is 6.07 Å². The summed E-state index contributed by atoms with van der Waals surface area (Å²) < 4.78 is 38.6. The van der Waals surface area contributed by atoms with Gasteiger partial charge in [0.1, 0.15) is 0 Å². The van der Waals surface area contributed by atoms with Gasteiger partial charge in [0.2, 0.25) is 0 Å². The molecular weight excluding hydrogens is 277 g/mol. The van der Waals surface area contributed by atoms with Gasteiger partial charge in [0.15, 0.2) is 0 Å². The van der Waals surface area contributed by atoms with Gasteiger partial charge in [-0.3, -0.25) is 0 Å². The van der Waals surface area contributed by atoms with E-state index in [-0.39, 0.29) is 11.6 Å². The summed E-state index contributed by atoms with van der Waals surface area (Å²) in [4.78, 5) is 0. The van der Waals surface area contributed by atoms with E-state index >= 15 is 0 Å². The first-order chi connectivity index (χ1) is 9.88. The second-order valence-corrected chi connectivity index (χ2v) is 5.26. The van der Waals surface area contributed by atoms with E-state index in [9.17, 15) is 13.2 Å². The van der Waals surface area contributed by atoms with E-state index in [0.29, 0.717) is 5.69 Å². The molecule has 1 rings (SSSR count). The largest absolute Gasteiger partial charge is 0.417 e. The Balaban J connectivity index is 2.70. The van der Waals surface area contributed by atoms with Crippen LogP contribution in [0.1, 0.15) is 57.1 Å². The van der Waals surface area contributed by atoms with Crippen molar-refractivity contribution in [2.24, 2.45) is 0 Å². The molecule has 0 fully saturated rings. The van der Waals surface area contributed by atoms with Crippen molar-refractivity contribution < 1.29 is 13.2 Å². The predicted molar refractivity (Wildman–Crippen MR) is 78.0 cm³/mol. The zero-order valence-electron chi connectivity index (χ0n) is 12.4. The number of nitrogens with zero attached hydrogens (tertiary/aromatic N) is 1. The van der Waals surface area contributed by atoms with Crippen LogP contribution in [0.5, 0.6) is 0 Å². The number of nitriles is 1. The van der Waals surface area contributed by atoms with Crippen LogP contribution in [0, 0.1) is 11.3 Å². The molecular formula is C16H21F3N2. The van der Waals surface area contributed by atoms with Crippen molar-refractivity contribution in [3.63, 3.8) is 0 Å². The third-order valence-electron chi connectivity index (χ3n) is 3.35.